The molecule has 0 amide bonds. The molecule has 6 atom stereocenters. The van der Waals surface area contributed by atoms with E-state index >= 15 is 0 Å². The largest absolute Gasteiger partial charge is 0.294 e. The average Bonchev–Trinajstić information content (AvgIpc) is 2.90. The molecule has 4 aliphatic rings. The second kappa shape index (κ2) is 5.65. The summed E-state index contributed by atoms with van der Waals surface area (Å²) in [6.07, 6.45) is 19.4. The van der Waals surface area contributed by atoms with E-state index in [9.17, 15) is 4.79 Å². The Hall–Kier alpha value is -0.850. The predicted molar refractivity (Wildman–Crippen MR) is 90.4 cm³/mol. The van der Waals surface area contributed by atoms with Crippen LogP contribution in [0.15, 0.2) is 24.8 Å². The molecule has 1 heteroatoms. The second-order valence-corrected chi connectivity index (χ2v) is 8.38. The standard InChI is InChI=1S/C21H30O/c1-2-3-13-21-14-12-17-16-7-5-4-6-15(16)8-9-18(17)19(21)10-11-20(21)22/h2,10-11,15-19H,1,3-9,12-14H2/t15?,16-,17+,18+,19-,21-/m0/s1. The highest BCUT2D eigenvalue weighted by atomic mass is 16.1. The van der Waals surface area contributed by atoms with Crippen LogP contribution < -0.4 is 0 Å². The van der Waals surface area contributed by atoms with Gasteiger partial charge in [-0.15, -0.1) is 6.58 Å². The van der Waals surface area contributed by atoms with Crippen molar-refractivity contribution < 1.29 is 4.79 Å². The maximum atomic E-state index is 12.7. The Morgan fingerprint density at radius 1 is 1.09 bits per heavy atom. The van der Waals surface area contributed by atoms with Gasteiger partial charge in [0.25, 0.3) is 0 Å². The van der Waals surface area contributed by atoms with Crippen LogP contribution in [-0.4, -0.2) is 5.78 Å². The lowest BCUT2D eigenvalue weighted by atomic mass is 9.49. The topological polar surface area (TPSA) is 17.1 Å². The molecule has 0 heterocycles. The first-order valence-electron chi connectivity index (χ1n) is 9.60. The molecule has 4 rings (SSSR count). The molecule has 0 aromatic carbocycles. The van der Waals surface area contributed by atoms with Crippen LogP contribution in [0.25, 0.3) is 0 Å². The minimum atomic E-state index is -0.0448. The molecule has 3 fully saturated rings. The van der Waals surface area contributed by atoms with Crippen LogP contribution in [0.1, 0.15) is 64.2 Å². The molecule has 0 aromatic heterocycles. The van der Waals surface area contributed by atoms with Gasteiger partial charge >= 0.3 is 0 Å². The van der Waals surface area contributed by atoms with Gasteiger partial charge in [0, 0.05) is 5.41 Å². The van der Waals surface area contributed by atoms with Crippen LogP contribution in [-0.2, 0) is 4.79 Å². The van der Waals surface area contributed by atoms with Crippen LogP contribution in [0.3, 0.4) is 0 Å². The van der Waals surface area contributed by atoms with E-state index in [-0.39, 0.29) is 5.41 Å². The molecular weight excluding hydrogens is 268 g/mol. The summed E-state index contributed by atoms with van der Waals surface area (Å²) in [7, 11) is 0. The normalized spacial score (nSPS) is 46.7. The smallest absolute Gasteiger partial charge is 0.162 e. The highest BCUT2D eigenvalue weighted by Crippen LogP contribution is 2.61. The van der Waals surface area contributed by atoms with Crippen molar-refractivity contribution in [2.24, 2.45) is 35.0 Å². The third-order valence-electron chi connectivity index (χ3n) is 7.70. The van der Waals surface area contributed by atoms with E-state index in [0.29, 0.717) is 11.7 Å². The van der Waals surface area contributed by atoms with Crippen molar-refractivity contribution in [2.45, 2.75) is 64.2 Å². The molecule has 0 saturated heterocycles. The Labute approximate surface area is 135 Å². The fourth-order valence-corrected chi connectivity index (χ4v) is 6.72. The van der Waals surface area contributed by atoms with Gasteiger partial charge < -0.3 is 0 Å². The summed E-state index contributed by atoms with van der Waals surface area (Å²) in [5.74, 6) is 4.67. The quantitative estimate of drug-likeness (QED) is 0.644. The molecule has 0 aromatic rings. The molecule has 1 nitrogen and oxygen atoms in total. The van der Waals surface area contributed by atoms with Crippen molar-refractivity contribution in [3.63, 3.8) is 0 Å². The summed E-state index contributed by atoms with van der Waals surface area (Å²) >= 11 is 0. The maximum Gasteiger partial charge on any atom is 0.162 e. The average molecular weight is 298 g/mol. The van der Waals surface area contributed by atoms with Crippen molar-refractivity contribution in [1.82, 2.24) is 0 Å². The van der Waals surface area contributed by atoms with Crippen LogP contribution in [0.4, 0.5) is 0 Å². The fourth-order valence-electron chi connectivity index (χ4n) is 6.72. The van der Waals surface area contributed by atoms with Crippen molar-refractivity contribution in [2.75, 3.05) is 0 Å². The molecule has 4 aliphatic carbocycles. The lowest BCUT2D eigenvalue weighted by Crippen LogP contribution is -2.49. The summed E-state index contributed by atoms with van der Waals surface area (Å²) < 4.78 is 0. The number of fused-ring (bicyclic) bond motifs is 5. The SMILES string of the molecule is C=CCC[C@]12CC[C@H]3[C@@H](CCC4CCCC[C@@H]43)[C@@H]1C=CC2=O. The second-order valence-electron chi connectivity index (χ2n) is 8.38. The fraction of sp³-hybridized carbons (Fsp3) is 0.762. The van der Waals surface area contributed by atoms with E-state index in [0.717, 1.165) is 42.9 Å². The molecular formula is C21H30O. The van der Waals surface area contributed by atoms with Gasteiger partial charge in [-0.1, -0.05) is 31.4 Å². The number of hydrogen-bond donors (Lipinski definition) is 0. The summed E-state index contributed by atoms with van der Waals surface area (Å²) in [5, 5.41) is 0. The van der Waals surface area contributed by atoms with E-state index in [1.165, 1.54) is 44.9 Å². The van der Waals surface area contributed by atoms with E-state index < -0.39 is 0 Å². The lowest BCUT2D eigenvalue weighted by Gasteiger charge is -2.54. The minimum Gasteiger partial charge on any atom is -0.294 e. The molecule has 120 valence electrons. The maximum absolute atomic E-state index is 12.7. The van der Waals surface area contributed by atoms with E-state index in [2.05, 4.69) is 12.7 Å². The number of rotatable bonds is 3. The minimum absolute atomic E-state index is 0.0448. The highest BCUT2D eigenvalue weighted by Gasteiger charge is 2.56. The molecule has 0 N–H and O–H groups in total. The number of carbonyl (C=O) groups excluding carboxylic acids is 1. The Morgan fingerprint density at radius 2 is 1.95 bits per heavy atom. The highest BCUT2D eigenvalue weighted by molar-refractivity contribution is 5.98. The van der Waals surface area contributed by atoms with Gasteiger partial charge in [-0.05, 0) is 80.6 Å². The van der Waals surface area contributed by atoms with Crippen LogP contribution >= 0.6 is 0 Å². The predicted octanol–water partition coefficient (Wildman–Crippen LogP) is 5.32. The Bertz CT molecular complexity index is 490. The van der Waals surface area contributed by atoms with Gasteiger partial charge in [-0.2, -0.15) is 0 Å². The number of ketones is 1. The number of carbonyl (C=O) groups is 1. The number of allylic oxidation sites excluding steroid dienone is 3. The third-order valence-corrected chi connectivity index (χ3v) is 7.70. The van der Waals surface area contributed by atoms with Crippen LogP contribution in [0.2, 0.25) is 0 Å². The van der Waals surface area contributed by atoms with Gasteiger partial charge in [-0.3, -0.25) is 4.79 Å². The summed E-state index contributed by atoms with van der Waals surface area (Å²) in [6, 6.07) is 0. The molecule has 3 saturated carbocycles. The zero-order chi connectivity index (χ0) is 15.2. The molecule has 0 radical (unpaired) electrons. The van der Waals surface area contributed by atoms with E-state index in [1.54, 1.807) is 0 Å². The molecule has 22 heavy (non-hydrogen) atoms. The zero-order valence-corrected chi connectivity index (χ0v) is 13.8. The van der Waals surface area contributed by atoms with Crippen molar-refractivity contribution in [1.29, 1.82) is 0 Å². The molecule has 0 spiro atoms. The van der Waals surface area contributed by atoms with Crippen LogP contribution in [0.5, 0.6) is 0 Å². The van der Waals surface area contributed by atoms with E-state index in [1.807, 2.05) is 12.2 Å². The Morgan fingerprint density at radius 3 is 2.82 bits per heavy atom. The van der Waals surface area contributed by atoms with Gasteiger partial charge in [-0.25, -0.2) is 0 Å². The lowest BCUT2D eigenvalue weighted by molar-refractivity contribution is -0.133. The van der Waals surface area contributed by atoms with E-state index in [4.69, 9.17) is 0 Å². The van der Waals surface area contributed by atoms with Crippen molar-refractivity contribution >= 4 is 5.78 Å². The first-order chi connectivity index (χ1) is 10.8. The summed E-state index contributed by atoms with van der Waals surface area (Å²) in [4.78, 5) is 12.7. The number of hydrogen-bond acceptors (Lipinski definition) is 1. The van der Waals surface area contributed by atoms with Crippen LogP contribution in [0, 0.1) is 35.0 Å². The molecule has 1 unspecified atom stereocenters. The summed E-state index contributed by atoms with van der Waals surface area (Å²) in [5.41, 5.74) is -0.0448. The Kier molecular flexibility index (Phi) is 3.78. The zero-order valence-electron chi connectivity index (χ0n) is 13.8. The third kappa shape index (κ3) is 2.07. The molecule has 0 aliphatic heterocycles. The van der Waals surface area contributed by atoms with Gasteiger partial charge in [0.1, 0.15) is 0 Å². The summed E-state index contributed by atoms with van der Waals surface area (Å²) in [6.45, 7) is 3.88. The van der Waals surface area contributed by atoms with Gasteiger partial charge in [0.05, 0.1) is 0 Å². The van der Waals surface area contributed by atoms with Crippen molar-refractivity contribution in [3.8, 4) is 0 Å². The van der Waals surface area contributed by atoms with Gasteiger partial charge in [0.2, 0.25) is 0 Å². The first kappa shape index (κ1) is 14.7. The first-order valence-corrected chi connectivity index (χ1v) is 9.60. The monoisotopic (exact) mass is 298 g/mol. The Balaban J connectivity index is 1.60. The molecule has 0 bridgehead atoms. The van der Waals surface area contributed by atoms with Crippen molar-refractivity contribution in [3.05, 3.63) is 24.8 Å². The van der Waals surface area contributed by atoms with Gasteiger partial charge in [0.15, 0.2) is 5.78 Å².